The predicted molar refractivity (Wildman–Crippen MR) is 144 cm³/mol. The lowest BCUT2D eigenvalue weighted by atomic mass is 10.0. The fourth-order valence-corrected chi connectivity index (χ4v) is 4.09. The van der Waals surface area contributed by atoms with Crippen LogP contribution in [0.1, 0.15) is 45.1 Å². The number of amides is 4. The Labute approximate surface area is 230 Å². The van der Waals surface area contributed by atoms with Crippen LogP contribution < -0.4 is 27.4 Å². The number of fused-ring (bicyclic) bond motifs is 1. The van der Waals surface area contributed by atoms with E-state index in [0.717, 1.165) is 16.5 Å². The molecule has 0 radical (unpaired) electrons. The van der Waals surface area contributed by atoms with Crippen molar-refractivity contribution in [2.75, 3.05) is 0 Å². The second-order valence-corrected chi connectivity index (χ2v) is 9.92. The van der Waals surface area contributed by atoms with E-state index in [0.29, 0.717) is 0 Å². The van der Waals surface area contributed by atoms with E-state index in [4.69, 9.17) is 16.6 Å². The van der Waals surface area contributed by atoms with Gasteiger partial charge in [0, 0.05) is 23.5 Å². The Hall–Kier alpha value is -4.46. The monoisotopic (exact) mass is 560 g/mol. The Morgan fingerprint density at radius 1 is 0.900 bits per heavy atom. The summed E-state index contributed by atoms with van der Waals surface area (Å²) in [4.78, 5) is 76.0. The molecule has 10 N–H and O–H groups in total. The second-order valence-electron chi connectivity index (χ2n) is 9.92. The Balaban J connectivity index is 2.13. The number of H-pyrrole nitrogens is 1. The van der Waals surface area contributed by atoms with Gasteiger partial charge in [-0.25, -0.2) is 4.79 Å². The van der Waals surface area contributed by atoms with Gasteiger partial charge in [-0.05, 0) is 36.8 Å². The smallest absolute Gasteiger partial charge is 0.326 e. The van der Waals surface area contributed by atoms with E-state index in [1.165, 1.54) is 0 Å². The molecule has 0 saturated carbocycles. The number of carbonyl (C=O) groups excluding carboxylic acids is 4. The Kier molecular flexibility index (Phi) is 11.6. The highest BCUT2D eigenvalue weighted by atomic mass is 16.4. The Morgan fingerprint density at radius 2 is 1.50 bits per heavy atom. The number of nitrogens with one attached hydrogen (secondary N) is 4. The van der Waals surface area contributed by atoms with Gasteiger partial charge in [0.25, 0.3) is 0 Å². The van der Waals surface area contributed by atoms with Crippen LogP contribution in [0.25, 0.3) is 10.9 Å². The number of primary amides is 1. The fourth-order valence-electron chi connectivity index (χ4n) is 4.09. The SMILES string of the molecule is CC(C)CC(NC(=O)C(CC(N)=O)NC(=O)C(N)Cc1c[nH]c2ccccc12)C(=O)NC(CCC(=O)O)C(=O)O. The van der Waals surface area contributed by atoms with Crippen molar-refractivity contribution in [2.45, 2.75) is 70.1 Å². The molecule has 4 unspecified atom stereocenters. The first-order valence-corrected chi connectivity index (χ1v) is 12.7. The minimum Gasteiger partial charge on any atom is -0.481 e. The lowest BCUT2D eigenvalue weighted by Gasteiger charge is -2.25. The molecule has 14 heteroatoms. The summed E-state index contributed by atoms with van der Waals surface area (Å²) in [7, 11) is 0. The summed E-state index contributed by atoms with van der Waals surface area (Å²) in [5.74, 6) is -6.18. The Morgan fingerprint density at radius 3 is 2.10 bits per heavy atom. The summed E-state index contributed by atoms with van der Waals surface area (Å²) in [5.41, 5.74) is 13.0. The average molecular weight is 561 g/mol. The van der Waals surface area contributed by atoms with Crippen molar-refractivity contribution in [1.29, 1.82) is 0 Å². The van der Waals surface area contributed by atoms with Gasteiger partial charge in [0.1, 0.15) is 18.1 Å². The molecule has 2 rings (SSSR count). The summed E-state index contributed by atoms with van der Waals surface area (Å²) in [6, 6.07) is 2.15. The number of hydrogen-bond acceptors (Lipinski definition) is 7. The summed E-state index contributed by atoms with van der Waals surface area (Å²) in [6.07, 6.45) is 0.495. The zero-order valence-corrected chi connectivity index (χ0v) is 22.3. The van der Waals surface area contributed by atoms with E-state index in [-0.39, 0.29) is 25.2 Å². The molecule has 2 aromatic rings. The number of carboxylic acids is 2. The number of aromatic nitrogens is 1. The van der Waals surface area contributed by atoms with Gasteiger partial charge in [0.2, 0.25) is 23.6 Å². The molecule has 0 saturated heterocycles. The standard InChI is InChI=1S/C26H36N6O8/c1-13(2)9-19(24(37)30-18(26(39)40)7-8-22(34)35)32-25(38)20(11-21(28)33)31-23(36)16(27)10-14-12-29-17-6-4-3-5-15(14)17/h3-6,12-13,16,18-20,29H,7-11,27H2,1-2H3,(H2,28,33)(H,30,37)(H,31,36)(H,32,38)(H,34,35)(H,39,40). The maximum absolute atomic E-state index is 13.1. The average Bonchev–Trinajstić information content (AvgIpc) is 3.27. The summed E-state index contributed by atoms with van der Waals surface area (Å²) >= 11 is 0. The Bertz CT molecular complexity index is 1240. The lowest BCUT2D eigenvalue weighted by Crippen LogP contribution is -2.58. The largest absolute Gasteiger partial charge is 0.481 e. The second kappa shape index (κ2) is 14.6. The van der Waals surface area contributed by atoms with E-state index in [1.807, 2.05) is 24.3 Å². The van der Waals surface area contributed by atoms with Gasteiger partial charge >= 0.3 is 11.9 Å². The normalized spacial score (nSPS) is 14.1. The first-order valence-electron chi connectivity index (χ1n) is 12.7. The van der Waals surface area contributed by atoms with Gasteiger partial charge in [0.05, 0.1) is 12.5 Å². The first-order chi connectivity index (χ1) is 18.8. The molecule has 0 aliphatic carbocycles. The van der Waals surface area contributed by atoms with Gasteiger partial charge in [-0.1, -0.05) is 32.0 Å². The van der Waals surface area contributed by atoms with Crippen LogP contribution in [-0.4, -0.2) is 74.9 Å². The molecule has 1 aromatic heterocycles. The van der Waals surface area contributed by atoms with Crippen molar-refractivity contribution < 1.29 is 39.0 Å². The van der Waals surface area contributed by atoms with Crippen LogP contribution in [-0.2, 0) is 35.2 Å². The third kappa shape index (κ3) is 9.69. The minimum atomic E-state index is -1.50. The van der Waals surface area contributed by atoms with Crippen LogP contribution in [0.3, 0.4) is 0 Å². The molecule has 0 aliphatic heterocycles. The van der Waals surface area contributed by atoms with Gasteiger partial charge in [-0.3, -0.25) is 24.0 Å². The highest BCUT2D eigenvalue weighted by Gasteiger charge is 2.31. The number of benzene rings is 1. The van der Waals surface area contributed by atoms with Crippen LogP contribution in [0.2, 0.25) is 0 Å². The molecule has 0 aliphatic rings. The van der Waals surface area contributed by atoms with Crippen LogP contribution in [0.5, 0.6) is 0 Å². The van der Waals surface area contributed by atoms with Crippen molar-refractivity contribution in [1.82, 2.24) is 20.9 Å². The molecule has 0 spiro atoms. The quantitative estimate of drug-likeness (QED) is 0.130. The number of para-hydroxylation sites is 1. The molecule has 4 atom stereocenters. The third-order valence-corrected chi connectivity index (χ3v) is 6.09. The van der Waals surface area contributed by atoms with Crippen molar-refractivity contribution in [3.8, 4) is 0 Å². The summed E-state index contributed by atoms with van der Waals surface area (Å²) in [6.45, 7) is 3.52. The molecule has 1 aromatic carbocycles. The maximum atomic E-state index is 13.1. The van der Waals surface area contributed by atoms with Crippen molar-refractivity contribution in [2.24, 2.45) is 17.4 Å². The zero-order chi connectivity index (χ0) is 30.0. The van der Waals surface area contributed by atoms with Crippen LogP contribution in [0.15, 0.2) is 30.5 Å². The number of rotatable bonds is 16. The maximum Gasteiger partial charge on any atom is 0.326 e. The van der Waals surface area contributed by atoms with Gasteiger partial charge in [0.15, 0.2) is 0 Å². The van der Waals surface area contributed by atoms with Crippen LogP contribution in [0, 0.1) is 5.92 Å². The van der Waals surface area contributed by atoms with Crippen molar-refractivity contribution >= 4 is 46.5 Å². The van der Waals surface area contributed by atoms with Crippen molar-refractivity contribution in [3.05, 3.63) is 36.0 Å². The summed E-state index contributed by atoms with van der Waals surface area (Å²) in [5, 5.41) is 26.2. The number of hydrogen-bond donors (Lipinski definition) is 8. The van der Waals surface area contributed by atoms with Gasteiger partial charge in [-0.2, -0.15) is 0 Å². The highest BCUT2D eigenvalue weighted by Crippen LogP contribution is 2.19. The van der Waals surface area contributed by atoms with Gasteiger partial charge < -0.3 is 42.6 Å². The topological polar surface area (TPSA) is 247 Å². The molecule has 40 heavy (non-hydrogen) atoms. The first kappa shape index (κ1) is 31.8. The van der Waals surface area contributed by atoms with E-state index in [9.17, 15) is 33.9 Å². The molecule has 4 amide bonds. The minimum absolute atomic E-state index is 0.0835. The number of aromatic amines is 1. The molecule has 0 fully saturated rings. The van der Waals surface area contributed by atoms with Crippen LogP contribution in [0.4, 0.5) is 0 Å². The fraction of sp³-hybridized carbons (Fsp3) is 0.462. The molecular weight excluding hydrogens is 524 g/mol. The predicted octanol–water partition coefficient (Wildman–Crippen LogP) is -0.637. The van der Waals surface area contributed by atoms with Gasteiger partial charge in [-0.15, -0.1) is 0 Å². The summed E-state index contributed by atoms with van der Waals surface area (Å²) < 4.78 is 0. The number of nitrogens with two attached hydrogens (primary N) is 2. The molecule has 14 nitrogen and oxygen atoms in total. The molecular formula is C26H36N6O8. The zero-order valence-electron chi connectivity index (χ0n) is 22.3. The van der Waals surface area contributed by atoms with Crippen LogP contribution >= 0.6 is 0 Å². The third-order valence-electron chi connectivity index (χ3n) is 6.09. The van der Waals surface area contributed by atoms with E-state index in [2.05, 4.69) is 20.9 Å². The highest BCUT2D eigenvalue weighted by molar-refractivity contribution is 5.96. The molecule has 218 valence electrons. The molecule has 0 bridgehead atoms. The molecule has 1 heterocycles. The van der Waals surface area contributed by atoms with E-state index in [1.54, 1.807) is 20.0 Å². The lowest BCUT2D eigenvalue weighted by molar-refractivity contribution is -0.143. The number of carbonyl (C=O) groups is 6. The number of aliphatic carboxylic acids is 2. The van der Waals surface area contributed by atoms with E-state index < -0.39 is 72.6 Å². The number of carboxylic acid groups (broad SMARTS) is 2. The van der Waals surface area contributed by atoms with Crippen molar-refractivity contribution in [3.63, 3.8) is 0 Å². The van der Waals surface area contributed by atoms with E-state index >= 15 is 0 Å².